The Labute approximate surface area is 129 Å². The lowest BCUT2D eigenvalue weighted by atomic mass is 10.1. The van der Waals surface area contributed by atoms with Crippen LogP contribution in [0.25, 0.3) is 0 Å². The second-order valence-corrected chi connectivity index (χ2v) is 4.87. The van der Waals surface area contributed by atoms with Crippen LogP contribution in [0.4, 0.5) is 24.5 Å². The molecular weight excluding hydrogens is 319 g/mol. The highest BCUT2D eigenvalue weighted by molar-refractivity contribution is 6.30. The molecule has 1 heterocycles. The highest BCUT2D eigenvalue weighted by Crippen LogP contribution is 2.37. The van der Waals surface area contributed by atoms with E-state index in [4.69, 9.17) is 16.8 Å². The van der Waals surface area contributed by atoms with Crippen LogP contribution in [0.2, 0.25) is 5.02 Å². The Balaban J connectivity index is 2.31. The SMILES string of the molecule is C/C(=N/O)c1ccc(Nc2ccc(Cl)cc2C(F)(F)F)cn1. The van der Waals surface area contributed by atoms with Crippen LogP contribution < -0.4 is 5.32 Å². The summed E-state index contributed by atoms with van der Waals surface area (Å²) in [4.78, 5) is 3.99. The van der Waals surface area contributed by atoms with Crippen molar-refractivity contribution in [2.75, 3.05) is 5.32 Å². The van der Waals surface area contributed by atoms with Crippen LogP contribution in [0, 0.1) is 0 Å². The van der Waals surface area contributed by atoms with Gasteiger partial charge in [0.2, 0.25) is 0 Å². The Kier molecular flexibility index (Phi) is 4.56. The van der Waals surface area contributed by atoms with E-state index in [9.17, 15) is 13.2 Å². The first-order chi connectivity index (χ1) is 10.3. The van der Waals surface area contributed by atoms with Crippen molar-refractivity contribution in [2.24, 2.45) is 5.16 Å². The third-order valence-corrected chi connectivity index (χ3v) is 3.09. The van der Waals surface area contributed by atoms with Gasteiger partial charge in [-0.05, 0) is 37.3 Å². The summed E-state index contributed by atoms with van der Waals surface area (Å²) in [5, 5.41) is 14.3. The van der Waals surface area contributed by atoms with Crippen LogP contribution in [-0.4, -0.2) is 15.9 Å². The van der Waals surface area contributed by atoms with Gasteiger partial charge in [0.05, 0.1) is 28.8 Å². The third-order valence-electron chi connectivity index (χ3n) is 2.85. The molecule has 0 saturated heterocycles. The van der Waals surface area contributed by atoms with Crippen LogP contribution in [-0.2, 0) is 6.18 Å². The van der Waals surface area contributed by atoms with Crippen molar-refractivity contribution in [3.05, 3.63) is 52.8 Å². The summed E-state index contributed by atoms with van der Waals surface area (Å²) in [6, 6.07) is 6.53. The van der Waals surface area contributed by atoms with Crippen LogP contribution in [0.3, 0.4) is 0 Å². The van der Waals surface area contributed by atoms with Crippen LogP contribution >= 0.6 is 11.6 Å². The summed E-state index contributed by atoms with van der Waals surface area (Å²) in [5.74, 6) is 0. The first-order valence-electron chi connectivity index (χ1n) is 6.10. The number of nitrogens with zero attached hydrogens (tertiary/aromatic N) is 2. The average Bonchev–Trinajstić information content (AvgIpc) is 2.48. The molecule has 4 nitrogen and oxygen atoms in total. The zero-order chi connectivity index (χ0) is 16.3. The Bertz CT molecular complexity index is 699. The summed E-state index contributed by atoms with van der Waals surface area (Å²) in [6.45, 7) is 1.55. The monoisotopic (exact) mass is 329 g/mol. The molecule has 0 aliphatic carbocycles. The smallest absolute Gasteiger partial charge is 0.411 e. The van der Waals surface area contributed by atoms with E-state index in [-0.39, 0.29) is 10.7 Å². The molecule has 8 heteroatoms. The molecule has 0 atom stereocenters. The van der Waals surface area contributed by atoms with Gasteiger partial charge in [-0.2, -0.15) is 13.2 Å². The van der Waals surface area contributed by atoms with Gasteiger partial charge in [0.25, 0.3) is 0 Å². The number of aromatic nitrogens is 1. The minimum Gasteiger partial charge on any atom is -0.411 e. The second kappa shape index (κ2) is 6.23. The maximum absolute atomic E-state index is 13.0. The zero-order valence-corrected chi connectivity index (χ0v) is 12.1. The Morgan fingerprint density at radius 1 is 1.27 bits per heavy atom. The fraction of sp³-hybridized carbons (Fsp3) is 0.143. The Morgan fingerprint density at radius 2 is 2.00 bits per heavy atom. The van der Waals surface area contributed by atoms with Crippen LogP contribution in [0.1, 0.15) is 18.2 Å². The van der Waals surface area contributed by atoms with Crippen molar-refractivity contribution in [1.82, 2.24) is 4.98 Å². The number of rotatable bonds is 3. The number of alkyl halides is 3. The molecule has 2 N–H and O–H groups in total. The molecule has 22 heavy (non-hydrogen) atoms. The van der Waals surface area contributed by atoms with Crippen LogP contribution in [0.5, 0.6) is 0 Å². The van der Waals surface area contributed by atoms with E-state index >= 15 is 0 Å². The first-order valence-corrected chi connectivity index (χ1v) is 6.48. The van der Waals surface area contributed by atoms with Crippen molar-refractivity contribution < 1.29 is 18.4 Å². The van der Waals surface area contributed by atoms with Gasteiger partial charge in [0.15, 0.2) is 0 Å². The lowest BCUT2D eigenvalue weighted by Crippen LogP contribution is -2.09. The minimum absolute atomic E-state index is 0.00105. The molecular formula is C14H11ClF3N3O. The first kappa shape index (κ1) is 16.1. The zero-order valence-electron chi connectivity index (χ0n) is 11.3. The lowest BCUT2D eigenvalue weighted by Gasteiger charge is -2.15. The highest BCUT2D eigenvalue weighted by atomic mass is 35.5. The average molecular weight is 330 g/mol. The lowest BCUT2D eigenvalue weighted by molar-refractivity contribution is -0.136. The quantitative estimate of drug-likeness (QED) is 0.487. The number of hydrogen-bond acceptors (Lipinski definition) is 4. The number of anilines is 2. The molecule has 0 bridgehead atoms. The fourth-order valence-electron chi connectivity index (χ4n) is 1.75. The largest absolute Gasteiger partial charge is 0.418 e. The Morgan fingerprint density at radius 3 is 2.55 bits per heavy atom. The number of hydrogen-bond donors (Lipinski definition) is 2. The van der Waals surface area contributed by atoms with Gasteiger partial charge in [0, 0.05) is 5.02 Å². The molecule has 0 aliphatic heterocycles. The second-order valence-electron chi connectivity index (χ2n) is 4.43. The molecule has 0 spiro atoms. The molecule has 1 aromatic carbocycles. The molecule has 0 fully saturated rings. The van der Waals surface area contributed by atoms with E-state index < -0.39 is 11.7 Å². The van der Waals surface area contributed by atoms with Gasteiger partial charge < -0.3 is 10.5 Å². The maximum Gasteiger partial charge on any atom is 0.418 e. The molecule has 116 valence electrons. The Hall–Kier alpha value is -2.28. The van der Waals surface area contributed by atoms with Gasteiger partial charge in [0.1, 0.15) is 5.71 Å². The van der Waals surface area contributed by atoms with Crippen molar-refractivity contribution in [1.29, 1.82) is 0 Å². The standard InChI is InChI=1S/C14H11ClF3N3O/c1-8(21-22)12-5-3-10(7-19-12)20-13-4-2-9(15)6-11(13)14(16,17)18/h2-7,20,22H,1H3/b21-8-. The van der Waals surface area contributed by atoms with Gasteiger partial charge in [-0.15, -0.1) is 0 Å². The summed E-state index contributed by atoms with van der Waals surface area (Å²) in [6.07, 6.45) is -3.18. The minimum atomic E-state index is -4.53. The summed E-state index contributed by atoms with van der Waals surface area (Å²) < 4.78 is 39.0. The van der Waals surface area contributed by atoms with Crippen molar-refractivity contribution in [2.45, 2.75) is 13.1 Å². The van der Waals surface area contributed by atoms with E-state index in [0.717, 1.165) is 6.07 Å². The molecule has 2 rings (SSSR count). The van der Waals surface area contributed by atoms with Gasteiger partial charge in [-0.1, -0.05) is 16.8 Å². The van der Waals surface area contributed by atoms with Crippen LogP contribution in [0.15, 0.2) is 41.7 Å². The third kappa shape index (κ3) is 3.67. The number of oxime groups is 1. The number of pyridine rings is 1. The molecule has 0 radical (unpaired) electrons. The van der Waals surface area contributed by atoms with E-state index in [1.807, 2.05) is 0 Å². The van der Waals surface area contributed by atoms with Gasteiger partial charge in [-0.25, -0.2) is 0 Å². The van der Waals surface area contributed by atoms with E-state index in [1.165, 1.54) is 30.5 Å². The topological polar surface area (TPSA) is 57.5 Å². The van der Waals surface area contributed by atoms with Crippen molar-refractivity contribution in [3.63, 3.8) is 0 Å². The molecule has 1 aromatic heterocycles. The summed E-state index contributed by atoms with van der Waals surface area (Å²) >= 11 is 5.62. The number of benzene rings is 1. The van der Waals surface area contributed by atoms with E-state index in [0.29, 0.717) is 17.1 Å². The fourth-order valence-corrected chi connectivity index (χ4v) is 1.92. The summed E-state index contributed by atoms with van der Waals surface area (Å²) in [7, 11) is 0. The predicted octanol–water partition coefficient (Wildman–Crippen LogP) is 4.70. The van der Waals surface area contributed by atoms with E-state index in [1.54, 1.807) is 6.92 Å². The van der Waals surface area contributed by atoms with E-state index in [2.05, 4.69) is 15.5 Å². The predicted molar refractivity (Wildman–Crippen MR) is 78.0 cm³/mol. The maximum atomic E-state index is 13.0. The normalized spacial score (nSPS) is 12.3. The van der Waals surface area contributed by atoms with Gasteiger partial charge in [-0.3, -0.25) is 4.98 Å². The van der Waals surface area contributed by atoms with Gasteiger partial charge >= 0.3 is 6.18 Å². The molecule has 0 amide bonds. The number of halogens is 4. The highest BCUT2D eigenvalue weighted by Gasteiger charge is 2.33. The van der Waals surface area contributed by atoms with Crippen molar-refractivity contribution >= 4 is 28.7 Å². The summed E-state index contributed by atoms with van der Waals surface area (Å²) in [5.41, 5.74) is 0.0905. The molecule has 0 unspecified atom stereocenters. The molecule has 0 saturated carbocycles. The van der Waals surface area contributed by atoms with Crippen molar-refractivity contribution in [3.8, 4) is 0 Å². The molecule has 0 aliphatic rings. The molecule has 2 aromatic rings. The number of nitrogens with one attached hydrogen (secondary N) is 1.